The van der Waals surface area contributed by atoms with Gasteiger partial charge in [-0.3, -0.25) is 9.78 Å². The number of ether oxygens (including phenoxy) is 1. The number of amides is 1. The number of nitrogens with one attached hydrogen (secondary N) is 1. The normalized spacial score (nSPS) is 10.4. The summed E-state index contributed by atoms with van der Waals surface area (Å²) in [6, 6.07) is 13.3. The van der Waals surface area contributed by atoms with E-state index in [4.69, 9.17) is 4.74 Å². The first-order valence-electron chi connectivity index (χ1n) is 9.09. The zero-order valence-electron chi connectivity index (χ0n) is 16.3. The molecule has 1 aromatic carbocycles. The van der Waals surface area contributed by atoms with Gasteiger partial charge in [0, 0.05) is 26.0 Å². The van der Waals surface area contributed by atoms with Gasteiger partial charge in [0.25, 0.3) is 5.91 Å². The number of hydrogen-bond donors (Lipinski definition) is 1. The van der Waals surface area contributed by atoms with Crippen molar-refractivity contribution < 1.29 is 9.53 Å². The maximum absolute atomic E-state index is 12.5. The van der Waals surface area contributed by atoms with Crippen LogP contribution in [0.1, 0.15) is 21.6 Å². The number of benzene rings is 1. The summed E-state index contributed by atoms with van der Waals surface area (Å²) >= 11 is 0. The van der Waals surface area contributed by atoms with Gasteiger partial charge in [-0.05, 0) is 60.9 Å². The molecule has 3 rings (SSSR count). The van der Waals surface area contributed by atoms with Crippen LogP contribution in [0.3, 0.4) is 0 Å². The minimum Gasteiger partial charge on any atom is -0.495 e. The summed E-state index contributed by atoms with van der Waals surface area (Å²) in [6.07, 6.45) is 6.23. The number of likely N-dealkylation sites (N-methyl/N-ethyl adjacent to an activating group) is 1. The molecule has 2 heterocycles. The molecular formula is C22H24N4O2. The minimum absolute atomic E-state index is 0.269. The Morgan fingerprint density at radius 1 is 1.14 bits per heavy atom. The van der Waals surface area contributed by atoms with Gasteiger partial charge in [-0.25, -0.2) is 4.98 Å². The first-order chi connectivity index (χ1) is 13.6. The van der Waals surface area contributed by atoms with Crippen LogP contribution in [0.2, 0.25) is 0 Å². The third kappa shape index (κ3) is 4.85. The van der Waals surface area contributed by atoms with E-state index in [0.29, 0.717) is 17.1 Å². The van der Waals surface area contributed by atoms with Crippen LogP contribution in [0.4, 0.5) is 11.4 Å². The Morgan fingerprint density at radius 2 is 1.93 bits per heavy atom. The van der Waals surface area contributed by atoms with E-state index in [1.807, 2.05) is 50.4 Å². The summed E-state index contributed by atoms with van der Waals surface area (Å²) in [5.74, 6) is 0.348. The Morgan fingerprint density at radius 3 is 2.61 bits per heavy atom. The number of pyridine rings is 2. The molecule has 0 unspecified atom stereocenters. The van der Waals surface area contributed by atoms with E-state index < -0.39 is 0 Å². The monoisotopic (exact) mass is 376 g/mol. The second-order valence-electron chi connectivity index (χ2n) is 6.59. The standard InChI is InChI=1S/C22H24N4O2/c1-16-4-7-21(28-3)20(14-16)25-22(27)19-6-5-18(15-24-19)26(2)13-10-17-8-11-23-12-9-17/h4-9,11-12,14-15H,10,13H2,1-3H3,(H,25,27). The SMILES string of the molecule is COc1ccc(C)cc1NC(=O)c1ccc(N(C)CCc2ccncc2)cn1. The first kappa shape index (κ1) is 19.4. The Labute approximate surface area is 165 Å². The van der Waals surface area contributed by atoms with Crippen LogP contribution in [-0.2, 0) is 6.42 Å². The van der Waals surface area contributed by atoms with E-state index in [9.17, 15) is 4.79 Å². The second kappa shape index (κ2) is 8.99. The zero-order chi connectivity index (χ0) is 19.9. The number of hydrogen-bond acceptors (Lipinski definition) is 5. The van der Waals surface area contributed by atoms with E-state index in [-0.39, 0.29) is 5.91 Å². The van der Waals surface area contributed by atoms with Crippen molar-refractivity contribution in [1.29, 1.82) is 0 Å². The van der Waals surface area contributed by atoms with Gasteiger partial charge in [0.1, 0.15) is 11.4 Å². The summed E-state index contributed by atoms with van der Waals surface area (Å²) in [4.78, 5) is 23.0. The molecule has 6 heteroatoms. The van der Waals surface area contributed by atoms with Crippen LogP contribution in [0.5, 0.6) is 5.75 Å². The fourth-order valence-corrected chi connectivity index (χ4v) is 2.83. The van der Waals surface area contributed by atoms with Gasteiger partial charge in [-0.1, -0.05) is 6.07 Å². The fraction of sp³-hybridized carbons (Fsp3) is 0.227. The summed E-state index contributed by atoms with van der Waals surface area (Å²) < 4.78 is 5.31. The van der Waals surface area contributed by atoms with Crippen LogP contribution in [0.15, 0.2) is 61.1 Å². The lowest BCUT2D eigenvalue weighted by atomic mass is 10.2. The molecule has 0 aliphatic carbocycles. The van der Waals surface area contributed by atoms with Gasteiger partial charge in [0.2, 0.25) is 0 Å². The average Bonchev–Trinajstić information content (AvgIpc) is 2.73. The molecule has 144 valence electrons. The molecule has 1 N–H and O–H groups in total. The van der Waals surface area contributed by atoms with Crippen LogP contribution in [-0.4, -0.2) is 36.6 Å². The highest BCUT2D eigenvalue weighted by atomic mass is 16.5. The number of carbonyl (C=O) groups excluding carboxylic acids is 1. The van der Waals surface area contributed by atoms with Crippen molar-refractivity contribution in [2.75, 3.05) is 30.9 Å². The molecule has 0 saturated heterocycles. The largest absolute Gasteiger partial charge is 0.495 e. The topological polar surface area (TPSA) is 67.3 Å². The maximum atomic E-state index is 12.5. The van der Waals surface area contributed by atoms with Crippen molar-refractivity contribution in [3.63, 3.8) is 0 Å². The first-order valence-corrected chi connectivity index (χ1v) is 9.09. The molecule has 0 aliphatic rings. The van der Waals surface area contributed by atoms with E-state index >= 15 is 0 Å². The summed E-state index contributed by atoms with van der Waals surface area (Å²) in [6.45, 7) is 2.81. The van der Waals surface area contributed by atoms with Crippen molar-refractivity contribution in [3.05, 3.63) is 77.9 Å². The van der Waals surface area contributed by atoms with Gasteiger partial charge in [-0.2, -0.15) is 0 Å². The minimum atomic E-state index is -0.269. The van der Waals surface area contributed by atoms with E-state index in [2.05, 4.69) is 20.2 Å². The van der Waals surface area contributed by atoms with E-state index in [1.54, 1.807) is 31.8 Å². The Kier molecular flexibility index (Phi) is 6.22. The Hall–Kier alpha value is -3.41. The molecule has 0 radical (unpaired) electrons. The Bertz CT molecular complexity index is 927. The van der Waals surface area contributed by atoms with Gasteiger partial charge in [0.05, 0.1) is 24.7 Å². The molecule has 6 nitrogen and oxygen atoms in total. The number of carbonyl (C=O) groups is 1. The maximum Gasteiger partial charge on any atom is 0.274 e. The molecule has 2 aromatic heterocycles. The smallest absolute Gasteiger partial charge is 0.274 e. The summed E-state index contributed by atoms with van der Waals surface area (Å²) in [5.41, 5.74) is 4.22. The number of anilines is 2. The lowest BCUT2D eigenvalue weighted by molar-refractivity contribution is 0.102. The molecule has 0 atom stereocenters. The average molecular weight is 376 g/mol. The quantitative estimate of drug-likeness (QED) is 0.681. The van der Waals surface area contributed by atoms with Gasteiger partial charge in [-0.15, -0.1) is 0 Å². The zero-order valence-corrected chi connectivity index (χ0v) is 16.3. The van der Waals surface area contributed by atoms with Gasteiger partial charge in [0.15, 0.2) is 0 Å². The van der Waals surface area contributed by atoms with Gasteiger partial charge < -0.3 is 15.0 Å². The molecule has 3 aromatic rings. The lowest BCUT2D eigenvalue weighted by Crippen LogP contribution is -2.21. The number of rotatable bonds is 7. The van der Waals surface area contributed by atoms with Crippen molar-refractivity contribution >= 4 is 17.3 Å². The molecule has 0 bridgehead atoms. The lowest BCUT2D eigenvalue weighted by Gasteiger charge is -2.19. The predicted octanol–water partition coefficient (Wildman–Crippen LogP) is 3.72. The molecule has 0 spiro atoms. The van der Waals surface area contributed by atoms with Gasteiger partial charge >= 0.3 is 0 Å². The van der Waals surface area contributed by atoms with Crippen LogP contribution >= 0.6 is 0 Å². The van der Waals surface area contributed by atoms with Crippen molar-refractivity contribution in [2.24, 2.45) is 0 Å². The second-order valence-corrected chi connectivity index (χ2v) is 6.59. The van der Waals surface area contributed by atoms with E-state index in [0.717, 1.165) is 24.2 Å². The third-order valence-corrected chi connectivity index (χ3v) is 4.51. The van der Waals surface area contributed by atoms with Crippen molar-refractivity contribution in [2.45, 2.75) is 13.3 Å². The molecule has 28 heavy (non-hydrogen) atoms. The molecule has 1 amide bonds. The molecule has 0 aliphatic heterocycles. The Balaban J connectivity index is 1.63. The highest BCUT2D eigenvalue weighted by Crippen LogP contribution is 2.25. The fourth-order valence-electron chi connectivity index (χ4n) is 2.83. The number of methoxy groups -OCH3 is 1. The molecular weight excluding hydrogens is 352 g/mol. The number of aromatic nitrogens is 2. The van der Waals surface area contributed by atoms with E-state index in [1.165, 1.54) is 5.56 Å². The van der Waals surface area contributed by atoms with Crippen molar-refractivity contribution in [3.8, 4) is 5.75 Å². The van der Waals surface area contributed by atoms with Crippen molar-refractivity contribution in [1.82, 2.24) is 9.97 Å². The predicted molar refractivity (Wildman–Crippen MR) is 111 cm³/mol. The van der Waals surface area contributed by atoms with Crippen LogP contribution in [0, 0.1) is 6.92 Å². The highest BCUT2D eigenvalue weighted by molar-refractivity contribution is 6.03. The molecule has 0 saturated carbocycles. The van der Waals surface area contributed by atoms with Crippen LogP contribution in [0.25, 0.3) is 0 Å². The number of aryl methyl sites for hydroxylation is 1. The summed E-state index contributed by atoms with van der Waals surface area (Å²) in [7, 11) is 3.59. The molecule has 0 fully saturated rings. The third-order valence-electron chi connectivity index (χ3n) is 4.51. The summed E-state index contributed by atoms with van der Waals surface area (Å²) in [5, 5.41) is 2.87. The number of nitrogens with zero attached hydrogens (tertiary/aromatic N) is 3. The highest BCUT2D eigenvalue weighted by Gasteiger charge is 2.12. The van der Waals surface area contributed by atoms with Crippen LogP contribution < -0.4 is 15.0 Å².